The van der Waals surface area contributed by atoms with E-state index in [4.69, 9.17) is 9.73 Å². The van der Waals surface area contributed by atoms with Gasteiger partial charge in [0.1, 0.15) is 12.8 Å². The number of halogens is 24. The topological polar surface area (TPSA) is 21.6 Å². The molecule has 2 nitrogen and oxygen atoms in total. The Kier molecular flexibility index (Phi) is 28.7. The minimum absolute atomic E-state index is 0. The Hall–Kier alpha value is -5.23. The normalized spacial score (nSPS) is 17.2. The van der Waals surface area contributed by atoms with Gasteiger partial charge in [-0.1, -0.05) is 123 Å². The molecule has 16 radical (unpaired) electrons. The molecule has 98 heavy (non-hydrogen) atoms. The van der Waals surface area contributed by atoms with Gasteiger partial charge in [0, 0.05) is 25.8 Å². The second-order valence-corrected chi connectivity index (χ2v) is 24.4. The number of nitrogens with zero attached hydrogens (tertiary/aromatic N) is 1. The van der Waals surface area contributed by atoms with Crippen molar-refractivity contribution in [1.82, 2.24) is 0 Å². The van der Waals surface area contributed by atoms with Gasteiger partial charge in [0.05, 0.1) is 56.5 Å². The van der Waals surface area contributed by atoms with Gasteiger partial charge in [0.2, 0.25) is 0 Å². The number of rotatable bonds is 9. The molecule has 0 saturated heterocycles. The van der Waals surface area contributed by atoms with Crippen LogP contribution in [0.3, 0.4) is 0 Å². The fourth-order valence-corrected chi connectivity index (χ4v) is 12.9. The molecule has 526 valence electrons. The predicted octanol–water partition coefficient (Wildman–Crippen LogP) is 18.9. The fourth-order valence-electron chi connectivity index (χ4n) is 10.5. The molecule has 4 aliphatic rings. The van der Waals surface area contributed by atoms with Crippen molar-refractivity contribution in [2.24, 2.45) is 10.9 Å². The molecule has 6 aromatic carbocycles. The molecular weight excluding hydrogens is 1590 g/mol. The van der Waals surface area contributed by atoms with Gasteiger partial charge >= 0.3 is 66.5 Å². The Balaban J connectivity index is 0.000000342. The average molecular weight is 1640 g/mol. The summed E-state index contributed by atoms with van der Waals surface area (Å²) < 4.78 is 347. The number of aliphatic imine (C=N–C) groups is 1. The van der Waals surface area contributed by atoms with Gasteiger partial charge < -0.3 is 4.74 Å². The Morgan fingerprint density at radius 1 is 0.378 bits per heavy atom. The van der Waals surface area contributed by atoms with E-state index in [1.54, 1.807) is 0 Å². The van der Waals surface area contributed by atoms with Crippen LogP contribution in [0.25, 0.3) is 0 Å². The second-order valence-electron chi connectivity index (χ2n) is 22.2. The number of alkyl halides is 24. The molecular formula is C68H52BF24FeIrNOP+2. The maximum absolute atomic E-state index is 14.2. The van der Waals surface area contributed by atoms with Gasteiger partial charge in [-0.2, -0.15) is 127 Å². The molecule has 0 aromatic heterocycles. The van der Waals surface area contributed by atoms with E-state index in [-0.39, 0.29) is 43.2 Å². The second kappa shape index (κ2) is 33.7. The van der Waals surface area contributed by atoms with Gasteiger partial charge in [-0.15, -0.1) is 0 Å². The molecule has 10 rings (SSSR count). The molecule has 1 atom stereocenters. The Morgan fingerprint density at radius 3 is 0.857 bits per heavy atom. The third-order valence-corrected chi connectivity index (χ3v) is 17.6. The quantitative estimate of drug-likeness (QED) is 0.0803. The molecule has 3 saturated carbocycles. The van der Waals surface area contributed by atoms with Crippen molar-refractivity contribution in [1.29, 1.82) is 0 Å². The monoisotopic (exact) mass is 1650 g/mol. The first-order chi connectivity index (χ1) is 44.5. The average Bonchev–Trinajstić information content (AvgIpc) is 0.772. The van der Waals surface area contributed by atoms with Crippen molar-refractivity contribution in [3.05, 3.63) is 267 Å². The maximum Gasteiger partial charge on any atom is 3.00 e. The Morgan fingerprint density at radius 2 is 0.633 bits per heavy atom. The van der Waals surface area contributed by atoms with Crippen molar-refractivity contribution >= 4 is 52.4 Å². The third-order valence-electron chi connectivity index (χ3n) is 15.1. The molecule has 0 unspecified atom stereocenters. The van der Waals surface area contributed by atoms with Gasteiger partial charge in [0.15, 0.2) is 5.90 Å². The predicted molar refractivity (Wildman–Crippen MR) is 318 cm³/mol. The van der Waals surface area contributed by atoms with Crippen LogP contribution in [-0.2, 0) is 91.3 Å². The molecule has 1 heterocycles. The summed E-state index contributed by atoms with van der Waals surface area (Å²) in [6.07, 6.45) is -24.3. The van der Waals surface area contributed by atoms with Crippen LogP contribution in [0.15, 0.2) is 138 Å². The number of hydrogen-bond donors (Lipinski definition) is 0. The largest absolute Gasteiger partial charge is 3.00 e. The van der Waals surface area contributed by atoms with Gasteiger partial charge in [-0.05, 0) is 151 Å². The third kappa shape index (κ3) is 21.9. The van der Waals surface area contributed by atoms with Crippen LogP contribution >= 0.6 is 7.92 Å². The summed E-state index contributed by atoms with van der Waals surface area (Å²) in [6.45, 7) is 5.09. The molecule has 6 aromatic rings. The van der Waals surface area contributed by atoms with Crippen LogP contribution in [0, 0.1) is 94.5 Å². The molecule has 3 fully saturated rings. The van der Waals surface area contributed by atoms with E-state index in [1.165, 1.54) is 42.0 Å². The van der Waals surface area contributed by atoms with Crippen molar-refractivity contribution in [3.63, 3.8) is 0 Å². The fraction of sp³-hybridized carbons (Fsp3) is 0.250. The van der Waals surface area contributed by atoms with E-state index in [9.17, 15) is 105 Å². The maximum atomic E-state index is 14.2. The van der Waals surface area contributed by atoms with Crippen LogP contribution in [-0.4, -0.2) is 24.7 Å². The van der Waals surface area contributed by atoms with E-state index in [0.29, 0.717) is 12.5 Å². The van der Waals surface area contributed by atoms with E-state index < -0.39 is 203 Å². The van der Waals surface area contributed by atoms with E-state index in [2.05, 4.69) is 119 Å². The van der Waals surface area contributed by atoms with Crippen LogP contribution < -0.4 is 32.5 Å². The molecule has 0 spiro atoms. The minimum atomic E-state index is -6.13. The molecule has 0 amide bonds. The first-order valence-corrected chi connectivity index (χ1v) is 30.0. The molecule has 1 aliphatic heterocycles. The summed E-state index contributed by atoms with van der Waals surface area (Å²) in [5.41, 5.74) is -28.9. The SMILES string of the molecule is CC(C)[C@@H]1COC([C]2[CH][CH][CH][C]2P(c2ccccc2)c2ccccc2)=N1.FC(F)(F)c1cc([B-](c2cc(C(F)(F)F)cc(C(F)(F)F)c2)(c2cc(C(F)(F)F)cc(C(F)(F)F)c2)c2cc(C(F)(F)F)cc(C(F)(F)F)c2)cc(C(F)(F)F)c1.[CH]1[CH]CC[CH][CH]CC1.[CH]1[CH][CH][CH][CH]1.[Fe+3].[Ir]. The van der Waals surface area contributed by atoms with Crippen LogP contribution in [0.2, 0.25) is 0 Å². The molecule has 30 heteroatoms. The van der Waals surface area contributed by atoms with Crippen molar-refractivity contribution in [2.75, 3.05) is 6.61 Å². The smallest absolute Gasteiger partial charge is 0.478 e. The van der Waals surface area contributed by atoms with Gasteiger partial charge in [-0.3, -0.25) is 0 Å². The first-order valence-electron chi connectivity index (χ1n) is 28.7. The summed E-state index contributed by atoms with van der Waals surface area (Å²) in [6, 6.07) is 13.0. The molecule has 0 bridgehead atoms. The van der Waals surface area contributed by atoms with Crippen LogP contribution in [0.5, 0.6) is 0 Å². The zero-order valence-electron chi connectivity index (χ0n) is 50.5. The van der Waals surface area contributed by atoms with Gasteiger partial charge in [-0.25, -0.2) is 4.99 Å². The van der Waals surface area contributed by atoms with E-state index >= 15 is 0 Å². The van der Waals surface area contributed by atoms with Gasteiger partial charge in [0.25, 0.3) is 0 Å². The summed E-state index contributed by atoms with van der Waals surface area (Å²) in [7, 11) is -0.636. The van der Waals surface area contributed by atoms with Crippen molar-refractivity contribution in [3.8, 4) is 0 Å². The van der Waals surface area contributed by atoms with E-state index in [0.717, 1.165) is 11.8 Å². The summed E-state index contributed by atoms with van der Waals surface area (Å²) >= 11 is 0. The minimum Gasteiger partial charge on any atom is -0.478 e. The van der Waals surface area contributed by atoms with Crippen LogP contribution in [0.1, 0.15) is 84.0 Å². The summed E-state index contributed by atoms with van der Waals surface area (Å²) in [4.78, 5) is 4.87. The van der Waals surface area contributed by atoms with Crippen LogP contribution in [0.4, 0.5) is 105 Å². The number of ether oxygens (including phenoxy) is 1. The number of benzene rings is 6. The first kappa shape index (κ1) is 83.4. The van der Waals surface area contributed by atoms with Crippen molar-refractivity contribution in [2.45, 2.75) is 95.0 Å². The zero-order valence-corrected chi connectivity index (χ0v) is 54.9. The Labute approximate surface area is 576 Å². The Bertz CT molecular complexity index is 3030. The molecule has 3 aliphatic carbocycles. The molecule has 0 N–H and O–H groups in total. The summed E-state index contributed by atoms with van der Waals surface area (Å²) in [5, 5.41) is 2.69. The van der Waals surface area contributed by atoms with Crippen molar-refractivity contribution < 1.29 is 147 Å². The zero-order chi connectivity index (χ0) is 71.0. The standard InChI is InChI=1S/C32H12BF24.C23H23NOP.C8H12.C5H5.Fe.Ir/c34-25(35,36)13-1-14(26(37,38)39)6-21(5-13)33(22-7-15(27(40,41)42)2-16(8-22)28(43,44)45,23-9-17(29(46,47)48)3-18(10-23)30(49,50)51)24-11-19(31(52,53)54)4-20(12-24)32(55,56)57;1-17(2)21-16-25-23(24-21)20-14-9-15-22(20)26(18-10-5-3-6-11-18)19-12-7-4-8-13-19;1-2-4-6-8-7-5-3-1;1-2-4-5-3-1;;/h1-12H;3-15,17,21H,16H2,1-2H3;1-2,7-8H,3-6H2;1-5H;;/q-1;;;;+3;/t;21-;;;;/m.0..../s1. The summed E-state index contributed by atoms with van der Waals surface area (Å²) in [5.74, 6) is 2.45. The number of hydrogen-bond acceptors (Lipinski definition) is 2. The van der Waals surface area contributed by atoms with E-state index in [1.807, 2.05) is 32.1 Å².